The van der Waals surface area contributed by atoms with Crippen molar-refractivity contribution in [1.29, 1.82) is 0 Å². The molecule has 120 valence electrons. The molecule has 7 heteroatoms. The quantitative estimate of drug-likeness (QED) is 0.269. The van der Waals surface area contributed by atoms with E-state index in [2.05, 4.69) is 44.1 Å². The van der Waals surface area contributed by atoms with E-state index < -0.39 is 8.25 Å². The average Bonchev–Trinajstić information content (AvgIpc) is 2.39. The van der Waals surface area contributed by atoms with Crippen LogP contribution in [0.5, 0.6) is 0 Å². The molecule has 0 amide bonds. The maximum atomic E-state index is 8.74. The van der Waals surface area contributed by atoms with Gasteiger partial charge in [0.2, 0.25) is 0 Å². The summed E-state index contributed by atoms with van der Waals surface area (Å²) in [6, 6.07) is 0. The van der Waals surface area contributed by atoms with Crippen LogP contribution in [0.4, 0.5) is 0 Å². The maximum Gasteiger partial charge on any atom is 0.314 e. The van der Waals surface area contributed by atoms with Crippen molar-refractivity contribution in [2.45, 2.75) is 59.3 Å². The van der Waals surface area contributed by atoms with Crippen molar-refractivity contribution in [1.82, 2.24) is 0 Å². The second-order valence-electron chi connectivity index (χ2n) is 4.18. The largest absolute Gasteiger partial charge is 0.326 e. The summed E-state index contributed by atoms with van der Waals surface area (Å²) in [5.41, 5.74) is 0. The third kappa shape index (κ3) is 32.6. The van der Waals surface area contributed by atoms with E-state index in [1.807, 2.05) is 0 Å². The molecule has 0 aliphatic rings. The third-order valence-corrected chi connectivity index (χ3v) is 5.33. The van der Waals surface area contributed by atoms with Crippen molar-refractivity contribution in [3.63, 3.8) is 0 Å². The molecule has 0 aromatic carbocycles. The molecule has 0 atom stereocenters. The van der Waals surface area contributed by atoms with Gasteiger partial charge in [0, 0.05) is 0 Å². The molecule has 0 rings (SSSR count). The molecule has 3 nitrogen and oxygen atoms in total. The lowest BCUT2D eigenvalue weighted by atomic mass is 10.4. The topological polar surface area (TPSA) is 57.5 Å². The molecular formula is C12H32O3P2S2. The van der Waals surface area contributed by atoms with Crippen LogP contribution in [0, 0.1) is 0 Å². The molecule has 0 aliphatic heterocycles. The molecule has 0 aromatic rings. The Kier molecular flexibility index (Phi) is 32.3. The zero-order valence-corrected chi connectivity index (χ0v) is 16.2. The standard InChI is InChI=1S/C12H27P.H3O3P.H2S2/c1-4-7-10-13(11-8-5-2)12-9-6-3;1-4(2)3;1-2/h4-12H2,1-3H3;4H,(H2,1,2,3);1-2H. The predicted molar refractivity (Wildman–Crippen MR) is 97.7 cm³/mol. The van der Waals surface area contributed by atoms with Crippen LogP contribution in [0.1, 0.15) is 59.3 Å². The summed E-state index contributed by atoms with van der Waals surface area (Å²) >= 11 is 6.44. The summed E-state index contributed by atoms with van der Waals surface area (Å²) in [6.45, 7) is 6.94. The first-order valence-electron chi connectivity index (χ1n) is 6.92. The van der Waals surface area contributed by atoms with E-state index in [0.717, 1.165) is 0 Å². The first kappa shape index (κ1) is 25.2. The van der Waals surface area contributed by atoms with Crippen molar-refractivity contribution in [2.75, 3.05) is 18.5 Å². The summed E-state index contributed by atoms with van der Waals surface area (Å²) in [5.74, 6) is 0. The molecule has 19 heavy (non-hydrogen) atoms. The number of thiol groups is 2. The predicted octanol–water partition coefficient (Wildman–Crippen LogP) is 4.99. The van der Waals surface area contributed by atoms with E-state index >= 15 is 0 Å². The summed E-state index contributed by atoms with van der Waals surface area (Å²) in [5, 5.41) is 0. The van der Waals surface area contributed by atoms with Gasteiger partial charge < -0.3 is 9.79 Å². The SMILES string of the molecule is CCCCP(CCCC)CCCC.O=[PH](O)O.SS. The molecule has 0 unspecified atom stereocenters. The average molecular weight is 350 g/mol. The molecule has 0 spiro atoms. The van der Waals surface area contributed by atoms with Gasteiger partial charge in [-0.1, -0.05) is 40.0 Å². The van der Waals surface area contributed by atoms with E-state index in [1.54, 1.807) is 18.5 Å². The highest BCUT2D eigenvalue weighted by Gasteiger charge is 2.05. The number of rotatable bonds is 9. The molecule has 0 saturated carbocycles. The van der Waals surface area contributed by atoms with E-state index in [0.29, 0.717) is 7.92 Å². The molecule has 0 aromatic heterocycles. The fourth-order valence-corrected chi connectivity index (χ4v) is 4.44. The first-order valence-corrected chi connectivity index (χ1v) is 11.7. The zero-order chi connectivity index (χ0) is 15.5. The van der Waals surface area contributed by atoms with Gasteiger partial charge >= 0.3 is 8.25 Å². The fourth-order valence-electron chi connectivity index (χ4n) is 1.48. The van der Waals surface area contributed by atoms with Crippen molar-refractivity contribution in [3.05, 3.63) is 0 Å². The minimum absolute atomic E-state index is 0.422. The Hall–Kier alpha value is 1.28. The minimum Gasteiger partial charge on any atom is -0.326 e. The molecule has 2 N–H and O–H groups in total. The van der Waals surface area contributed by atoms with Gasteiger partial charge in [0.25, 0.3) is 0 Å². The van der Waals surface area contributed by atoms with Gasteiger partial charge in [-0.05, 0) is 37.7 Å². The summed E-state index contributed by atoms with van der Waals surface area (Å²) in [6.07, 6.45) is 13.2. The summed E-state index contributed by atoms with van der Waals surface area (Å²) in [7, 11) is -2.71. The van der Waals surface area contributed by atoms with Gasteiger partial charge in [0.1, 0.15) is 0 Å². The van der Waals surface area contributed by atoms with Crippen LogP contribution < -0.4 is 0 Å². The van der Waals surface area contributed by atoms with E-state index in [-0.39, 0.29) is 0 Å². The van der Waals surface area contributed by atoms with Gasteiger partial charge in [0.15, 0.2) is 0 Å². The normalized spacial score (nSPS) is 9.74. The monoisotopic (exact) mass is 350 g/mol. The molecule has 0 aliphatic carbocycles. The summed E-state index contributed by atoms with van der Waals surface area (Å²) in [4.78, 5) is 14.3. The summed E-state index contributed by atoms with van der Waals surface area (Å²) < 4.78 is 8.74. The van der Waals surface area contributed by atoms with Gasteiger partial charge in [-0.2, -0.15) is 0 Å². The number of hydrogen-bond donors (Lipinski definition) is 4. The molecule has 0 fully saturated rings. The molecule has 0 saturated heterocycles. The highest BCUT2D eigenvalue weighted by molar-refractivity contribution is 8.59. The number of hydrogen-bond acceptors (Lipinski definition) is 3. The van der Waals surface area contributed by atoms with Crippen molar-refractivity contribution in [2.24, 2.45) is 0 Å². The lowest BCUT2D eigenvalue weighted by Gasteiger charge is -2.16. The minimum atomic E-state index is -3.13. The van der Waals surface area contributed by atoms with Crippen LogP contribution in [0.3, 0.4) is 0 Å². The van der Waals surface area contributed by atoms with Crippen LogP contribution >= 0.6 is 39.5 Å². The Balaban J connectivity index is -0.000000361. The Morgan fingerprint density at radius 2 is 1.05 bits per heavy atom. The third-order valence-electron chi connectivity index (χ3n) is 2.48. The van der Waals surface area contributed by atoms with Crippen LogP contribution in [0.2, 0.25) is 0 Å². The lowest BCUT2D eigenvalue weighted by molar-refractivity contribution is 0.405. The molecular weight excluding hydrogens is 318 g/mol. The highest BCUT2D eigenvalue weighted by atomic mass is 33.1. The Morgan fingerprint density at radius 3 is 1.21 bits per heavy atom. The Labute approximate surface area is 131 Å². The van der Waals surface area contributed by atoms with E-state index in [4.69, 9.17) is 14.4 Å². The van der Waals surface area contributed by atoms with Crippen molar-refractivity contribution >= 4 is 39.5 Å². The van der Waals surface area contributed by atoms with Crippen molar-refractivity contribution in [3.8, 4) is 0 Å². The van der Waals surface area contributed by atoms with Crippen LogP contribution in [-0.2, 0) is 4.57 Å². The fraction of sp³-hybridized carbons (Fsp3) is 1.00. The van der Waals surface area contributed by atoms with Gasteiger partial charge in [-0.3, -0.25) is 4.57 Å². The zero-order valence-electron chi connectivity index (χ0n) is 12.5. The molecule has 0 heterocycles. The number of unbranched alkanes of at least 4 members (excludes halogenated alkanes) is 3. The molecule has 0 bridgehead atoms. The smallest absolute Gasteiger partial charge is 0.314 e. The highest BCUT2D eigenvalue weighted by Crippen LogP contribution is 2.38. The van der Waals surface area contributed by atoms with Gasteiger partial charge in [-0.15, -0.1) is 31.2 Å². The maximum absolute atomic E-state index is 8.74. The Bertz CT molecular complexity index is 152. The Morgan fingerprint density at radius 1 is 0.842 bits per heavy atom. The first-order chi connectivity index (χ1) is 9.08. The van der Waals surface area contributed by atoms with Gasteiger partial charge in [0.05, 0.1) is 0 Å². The van der Waals surface area contributed by atoms with Crippen molar-refractivity contribution < 1.29 is 14.4 Å². The van der Waals surface area contributed by atoms with E-state index in [1.165, 1.54) is 38.5 Å². The van der Waals surface area contributed by atoms with Crippen LogP contribution in [-0.4, -0.2) is 28.3 Å². The lowest BCUT2D eigenvalue weighted by Crippen LogP contribution is -1.95. The second-order valence-corrected chi connectivity index (χ2v) is 7.43. The van der Waals surface area contributed by atoms with Gasteiger partial charge in [-0.25, -0.2) is 0 Å². The second kappa shape index (κ2) is 24.3. The van der Waals surface area contributed by atoms with E-state index in [9.17, 15) is 0 Å². The van der Waals surface area contributed by atoms with Crippen LogP contribution in [0.15, 0.2) is 0 Å². The van der Waals surface area contributed by atoms with Crippen LogP contribution in [0.25, 0.3) is 0 Å². The molecule has 0 radical (unpaired) electrons.